The predicted molar refractivity (Wildman–Crippen MR) is 87.3 cm³/mol. The van der Waals surface area contributed by atoms with Gasteiger partial charge < -0.3 is 10.5 Å². The van der Waals surface area contributed by atoms with Crippen molar-refractivity contribution in [1.82, 2.24) is 0 Å². The maximum Gasteiger partial charge on any atom is 0.405 e. The minimum absolute atomic E-state index is 0.212. The van der Waals surface area contributed by atoms with Crippen LogP contribution >= 0.6 is 0 Å². The Morgan fingerprint density at radius 2 is 2.00 bits per heavy atom. The van der Waals surface area contributed by atoms with Gasteiger partial charge in [0.25, 0.3) is 0 Å². The minimum atomic E-state index is -0.785. The van der Waals surface area contributed by atoms with Crippen molar-refractivity contribution in [3.8, 4) is 11.1 Å². The lowest BCUT2D eigenvalue weighted by molar-refractivity contribution is 0.0147. The smallest absolute Gasteiger partial charge is 0.405 e. The molecule has 2 aromatic rings. The van der Waals surface area contributed by atoms with E-state index in [0.717, 1.165) is 29.5 Å². The fourth-order valence-corrected chi connectivity index (χ4v) is 3.28. The van der Waals surface area contributed by atoms with E-state index in [-0.39, 0.29) is 11.2 Å². The highest BCUT2D eigenvalue weighted by Gasteiger charge is 2.38. The number of aryl methyl sites for hydroxylation is 1. The highest BCUT2D eigenvalue weighted by atomic mass is 19.1. The molecule has 2 aromatic carbocycles. The van der Waals surface area contributed by atoms with Crippen molar-refractivity contribution < 1.29 is 13.9 Å². The molecule has 1 amide bonds. The van der Waals surface area contributed by atoms with Gasteiger partial charge in [-0.3, -0.25) is 0 Å². The molecular weight excluding hydrogens is 293 g/mol. The molecule has 3 rings (SSSR count). The zero-order valence-electron chi connectivity index (χ0n) is 13.3. The van der Waals surface area contributed by atoms with Gasteiger partial charge in [0, 0.05) is 11.0 Å². The van der Waals surface area contributed by atoms with Gasteiger partial charge in [-0.1, -0.05) is 44.2 Å². The van der Waals surface area contributed by atoms with E-state index in [1.54, 1.807) is 18.2 Å². The monoisotopic (exact) mass is 313 g/mol. The Morgan fingerprint density at radius 1 is 1.26 bits per heavy atom. The third-order valence-electron chi connectivity index (χ3n) is 4.60. The van der Waals surface area contributed by atoms with Crippen LogP contribution in [0.4, 0.5) is 9.18 Å². The van der Waals surface area contributed by atoms with Gasteiger partial charge in [0.15, 0.2) is 0 Å². The van der Waals surface area contributed by atoms with Gasteiger partial charge in [0.05, 0.1) is 0 Å². The molecule has 23 heavy (non-hydrogen) atoms. The van der Waals surface area contributed by atoms with Crippen molar-refractivity contribution in [2.24, 2.45) is 11.1 Å². The number of fused-ring (bicyclic) bond motifs is 1. The summed E-state index contributed by atoms with van der Waals surface area (Å²) < 4.78 is 19.5. The van der Waals surface area contributed by atoms with Crippen molar-refractivity contribution >= 4 is 6.09 Å². The van der Waals surface area contributed by atoms with Crippen molar-refractivity contribution in [1.29, 1.82) is 0 Å². The van der Waals surface area contributed by atoms with Crippen LogP contribution in [0.25, 0.3) is 11.1 Å². The number of ether oxygens (including phenoxy) is 1. The molecule has 0 fully saturated rings. The molecule has 0 aliphatic heterocycles. The molecule has 1 aliphatic carbocycles. The summed E-state index contributed by atoms with van der Waals surface area (Å²) >= 11 is 0. The van der Waals surface area contributed by atoms with Gasteiger partial charge in [0.2, 0.25) is 0 Å². The second-order valence-corrected chi connectivity index (χ2v) is 6.70. The van der Waals surface area contributed by atoms with E-state index in [4.69, 9.17) is 10.5 Å². The van der Waals surface area contributed by atoms with Gasteiger partial charge in [-0.15, -0.1) is 0 Å². The summed E-state index contributed by atoms with van der Waals surface area (Å²) in [6, 6.07) is 12.5. The number of rotatable bonds is 2. The highest BCUT2D eigenvalue weighted by molar-refractivity contribution is 5.68. The van der Waals surface area contributed by atoms with Crippen molar-refractivity contribution in [2.45, 2.75) is 32.8 Å². The molecule has 1 aliphatic rings. The number of primary amides is 1. The average Bonchev–Trinajstić information content (AvgIpc) is 2.50. The van der Waals surface area contributed by atoms with Gasteiger partial charge in [0.1, 0.15) is 11.9 Å². The van der Waals surface area contributed by atoms with Crippen LogP contribution in [-0.4, -0.2) is 6.09 Å². The highest BCUT2D eigenvalue weighted by Crippen LogP contribution is 2.46. The van der Waals surface area contributed by atoms with E-state index in [0.29, 0.717) is 5.56 Å². The molecule has 4 heteroatoms. The summed E-state index contributed by atoms with van der Waals surface area (Å²) in [4.78, 5) is 11.3. The molecule has 1 unspecified atom stereocenters. The molecule has 120 valence electrons. The summed E-state index contributed by atoms with van der Waals surface area (Å²) in [5.41, 5.74) is 8.39. The molecule has 0 bridgehead atoms. The van der Waals surface area contributed by atoms with Crippen LogP contribution in [0.3, 0.4) is 0 Å². The first-order chi connectivity index (χ1) is 10.9. The Morgan fingerprint density at radius 3 is 2.70 bits per heavy atom. The molecular formula is C19H20FNO2. The molecule has 0 aromatic heterocycles. The first kappa shape index (κ1) is 15.5. The minimum Gasteiger partial charge on any atom is -0.441 e. The van der Waals surface area contributed by atoms with Crippen LogP contribution in [0.1, 0.15) is 37.5 Å². The molecule has 0 saturated carbocycles. The number of hydrogen-bond acceptors (Lipinski definition) is 2. The number of amides is 1. The van der Waals surface area contributed by atoms with Crippen LogP contribution in [-0.2, 0) is 11.2 Å². The Labute approximate surface area is 135 Å². The number of benzene rings is 2. The summed E-state index contributed by atoms with van der Waals surface area (Å²) in [5.74, 6) is -0.269. The first-order valence-corrected chi connectivity index (χ1v) is 7.72. The summed E-state index contributed by atoms with van der Waals surface area (Å²) in [5, 5.41) is 0. The van der Waals surface area contributed by atoms with E-state index in [2.05, 4.69) is 13.8 Å². The number of hydrogen-bond donors (Lipinski definition) is 1. The van der Waals surface area contributed by atoms with Gasteiger partial charge in [-0.05, 0) is 41.7 Å². The van der Waals surface area contributed by atoms with Crippen LogP contribution in [0.15, 0.2) is 42.5 Å². The lowest BCUT2D eigenvalue weighted by atomic mass is 9.71. The molecule has 1 atom stereocenters. The lowest BCUT2D eigenvalue weighted by Gasteiger charge is -2.39. The zero-order chi connectivity index (χ0) is 16.6. The van der Waals surface area contributed by atoms with Crippen LogP contribution in [0, 0.1) is 11.2 Å². The van der Waals surface area contributed by atoms with Crippen LogP contribution < -0.4 is 5.73 Å². The average molecular weight is 313 g/mol. The van der Waals surface area contributed by atoms with E-state index in [1.807, 2.05) is 18.2 Å². The normalized spacial score (nSPS) is 19.0. The molecule has 3 nitrogen and oxygen atoms in total. The molecule has 0 heterocycles. The van der Waals surface area contributed by atoms with E-state index < -0.39 is 12.2 Å². The summed E-state index contributed by atoms with van der Waals surface area (Å²) in [6.45, 7) is 4.11. The topological polar surface area (TPSA) is 52.3 Å². The lowest BCUT2D eigenvalue weighted by Crippen LogP contribution is -2.33. The third-order valence-corrected chi connectivity index (χ3v) is 4.60. The number of halogens is 1. The van der Waals surface area contributed by atoms with Gasteiger partial charge >= 0.3 is 6.09 Å². The maximum absolute atomic E-state index is 14.1. The maximum atomic E-state index is 14.1. The number of nitrogens with two attached hydrogens (primary N) is 1. The summed E-state index contributed by atoms with van der Waals surface area (Å²) in [7, 11) is 0. The van der Waals surface area contributed by atoms with Crippen molar-refractivity contribution in [3.05, 3.63) is 59.4 Å². The quantitative estimate of drug-likeness (QED) is 0.880. The molecule has 0 saturated heterocycles. The second kappa shape index (κ2) is 5.69. The Bertz CT molecular complexity index is 755. The standard InChI is InChI=1S/C19H20FNO2/c1-19(2)10-9-12-7-8-13(14-5-3-4-6-16(14)20)11-15(12)17(19)23-18(21)22/h3-8,11,17H,9-10H2,1-2H3,(H2,21,22). The Kier molecular flexibility index (Phi) is 3.84. The third kappa shape index (κ3) is 2.93. The number of carbonyl (C=O) groups excluding carboxylic acids is 1. The van der Waals surface area contributed by atoms with Crippen LogP contribution in [0.5, 0.6) is 0 Å². The van der Waals surface area contributed by atoms with Gasteiger partial charge in [-0.2, -0.15) is 0 Å². The first-order valence-electron chi connectivity index (χ1n) is 7.72. The van der Waals surface area contributed by atoms with Gasteiger partial charge in [-0.25, -0.2) is 9.18 Å². The number of carbonyl (C=O) groups is 1. The fraction of sp³-hybridized carbons (Fsp3) is 0.316. The fourth-order valence-electron chi connectivity index (χ4n) is 3.28. The summed E-state index contributed by atoms with van der Waals surface area (Å²) in [6.07, 6.45) is 0.595. The zero-order valence-corrected chi connectivity index (χ0v) is 13.3. The SMILES string of the molecule is CC1(C)CCc2ccc(-c3ccccc3F)cc2C1OC(N)=O. The van der Waals surface area contributed by atoms with Crippen molar-refractivity contribution in [3.63, 3.8) is 0 Å². The second-order valence-electron chi connectivity index (χ2n) is 6.70. The molecule has 2 N–H and O–H groups in total. The van der Waals surface area contributed by atoms with E-state index in [9.17, 15) is 9.18 Å². The molecule has 0 spiro atoms. The Balaban J connectivity index is 2.10. The van der Waals surface area contributed by atoms with E-state index in [1.165, 1.54) is 6.07 Å². The predicted octanol–water partition coefficient (Wildman–Crippen LogP) is 4.60. The Hall–Kier alpha value is -2.36. The molecule has 0 radical (unpaired) electrons. The largest absolute Gasteiger partial charge is 0.441 e. The van der Waals surface area contributed by atoms with Crippen LogP contribution in [0.2, 0.25) is 0 Å². The van der Waals surface area contributed by atoms with Crippen molar-refractivity contribution in [2.75, 3.05) is 0 Å². The van der Waals surface area contributed by atoms with E-state index >= 15 is 0 Å².